The van der Waals surface area contributed by atoms with Crippen LogP contribution in [0.1, 0.15) is 28.7 Å². The second-order valence-electron chi connectivity index (χ2n) is 3.56. The number of hydrogen-bond donors (Lipinski definition) is 1. The molecule has 0 saturated heterocycles. The molecule has 0 bridgehead atoms. The first-order chi connectivity index (χ1) is 6.18. The summed E-state index contributed by atoms with van der Waals surface area (Å²) in [6.45, 7) is 4.01. The van der Waals surface area contributed by atoms with Crippen molar-refractivity contribution in [2.24, 2.45) is 5.92 Å². The first kappa shape index (κ1) is 8.69. The van der Waals surface area contributed by atoms with Gasteiger partial charge in [0.15, 0.2) is 0 Å². The summed E-state index contributed by atoms with van der Waals surface area (Å²) in [6, 6.07) is 0.397. The van der Waals surface area contributed by atoms with Crippen LogP contribution in [-0.4, -0.2) is 16.9 Å². The predicted molar refractivity (Wildman–Crippen MR) is 51.9 cm³/mol. The van der Waals surface area contributed by atoms with Gasteiger partial charge in [-0.05, 0) is 19.3 Å². The Morgan fingerprint density at radius 2 is 2.46 bits per heavy atom. The quantitative estimate of drug-likeness (QED) is 0.780. The Morgan fingerprint density at radius 1 is 1.77 bits per heavy atom. The molecule has 0 aliphatic heterocycles. The Morgan fingerprint density at radius 3 is 2.92 bits per heavy atom. The lowest BCUT2D eigenvalue weighted by molar-refractivity contribution is 0.0952. The highest BCUT2D eigenvalue weighted by atomic mass is 32.1. The third-order valence-corrected chi connectivity index (χ3v) is 3.31. The summed E-state index contributed by atoms with van der Waals surface area (Å²) in [5, 5.41) is 2.98. The smallest absolute Gasteiger partial charge is 0.263 e. The highest BCUT2D eigenvalue weighted by Crippen LogP contribution is 2.29. The van der Waals surface area contributed by atoms with E-state index in [9.17, 15) is 4.79 Å². The van der Waals surface area contributed by atoms with Crippen molar-refractivity contribution in [3.63, 3.8) is 0 Å². The maximum atomic E-state index is 11.6. The number of rotatable bonds is 2. The third kappa shape index (κ3) is 1.72. The average molecular weight is 196 g/mol. The van der Waals surface area contributed by atoms with E-state index >= 15 is 0 Å². The number of nitrogens with one attached hydrogen (secondary N) is 1. The van der Waals surface area contributed by atoms with Gasteiger partial charge in [0.1, 0.15) is 4.88 Å². The normalized spacial score (nSPS) is 25.7. The van der Waals surface area contributed by atoms with Crippen molar-refractivity contribution in [3.05, 3.63) is 16.1 Å². The Kier molecular flexibility index (Phi) is 2.07. The van der Waals surface area contributed by atoms with Crippen molar-refractivity contribution in [2.45, 2.75) is 26.3 Å². The molecule has 0 aromatic carbocycles. The molecule has 1 N–H and O–H groups in total. The minimum absolute atomic E-state index is 0.0364. The summed E-state index contributed by atoms with van der Waals surface area (Å²) in [4.78, 5) is 16.4. The average Bonchev–Trinajstić information content (AvgIpc) is 2.62. The van der Waals surface area contributed by atoms with Crippen LogP contribution in [0.3, 0.4) is 0 Å². The van der Waals surface area contributed by atoms with Crippen molar-refractivity contribution >= 4 is 17.2 Å². The number of carbonyl (C=O) groups excluding carboxylic acids is 1. The molecule has 1 aromatic heterocycles. The molecule has 1 aliphatic carbocycles. The molecular weight excluding hydrogens is 184 g/mol. The molecule has 0 spiro atoms. The van der Waals surface area contributed by atoms with E-state index in [-0.39, 0.29) is 5.91 Å². The highest BCUT2D eigenvalue weighted by Gasteiger charge is 2.34. The summed E-state index contributed by atoms with van der Waals surface area (Å²) >= 11 is 1.41. The van der Waals surface area contributed by atoms with E-state index < -0.39 is 0 Å². The lowest BCUT2D eigenvalue weighted by Gasteiger charge is -2.00. The molecule has 1 aromatic rings. The van der Waals surface area contributed by atoms with Crippen LogP contribution < -0.4 is 5.32 Å². The van der Waals surface area contributed by atoms with Crippen molar-refractivity contribution in [3.8, 4) is 0 Å². The van der Waals surface area contributed by atoms with E-state index in [0.29, 0.717) is 12.0 Å². The van der Waals surface area contributed by atoms with E-state index in [0.717, 1.165) is 17.0 Å². The summed E-state index contributed by atoms with van der Waals surface area (Å²) in [7, 11) is 0. The zero-order valence-corrected chi connectivity index (χ0v) is 8.52. The van der Waals surface area contributed by atoms with Crippen molar-refractivity contribution in [2.75, 3.05) is 0 Å². The molecule has 1 amide bonds. The van der Waals surface area contributed by atoms with Gasteiger partial charge in [0.05, 0.1) is 11.2 Å². The molecule has 0 unspecified atom stereocenters. The van der Waals surface area contributed by atoms with E-state index in [1.165, 1.54) is 11.3 Å². The first-order valence-electron chi connectivity index (χ1n) is 4.39. The molecule has 2 atom stereocenters. The van der Waals surface area contributed by atoms with Crippen LogP contribution in [0.25, 0.3) is 0 Å². The minimum atomic E-state index is 0.0364. The van der Waals surface area contributed by atoms with Gasteiger partial charge in [0.25, 0.3) is 5.91 Å². The fraction of sp³-hybridized carbons (Fsp3) is 0.556. The van der Waals surface area contributed by atoms with Gasteiger partial charge in [-0.3, -0.25) is 4.79 Å². The van der Waals surface area contributed by atoms with Crippen LogP contribution in [0.2, 0.25) is 0 Å². The number of aromatic nitrogens is 1. The molecule has 1 aliphatic rings. The SMILES string of the molecule is Cc1ncsc1C(=O)N[C@@H]1C[C@H]1C. The topological polar surface area (TPSA) is 42.0 Å². The molecule has 2 rings (SSSR count). The predicted octanol–water partition coefficient (Wildman–Crippen LogP) is 1.59. The van der Waals surface area contributed by atoms with Crippen LogP contribution in [0, 0.1) is 12.8 Å². The molecule has 1 fully saturated rings. The van der Waals surface area contributed by atoms with Crippen LogP contribution in [0.5, 0.6) is 0 Å². The van der Waals surface area contributed by atoms with Gasteiger partial charge >= 0.3 is 0 Å². The monoisotopic (exact) mass is 196 g/mol. The molecule has 70 valence electrons. The summed E-state index contributed by atoms with van der Waals surface area (Å²) in [6.07, 6.45) is 1.11. The lowest BCUT2D eigenvalue weighted by atomic mass is 10.3. The van der Waals surface area contributed by atoms with Crippen molar-refractivity contribution < 1.29 is 4.79 Å². The van der Waals surface area contributed by atoms with Gasteiger partial charge in [-0.15, -0.1) is 11.3 Å². The zero-order chi connectivity index (χ0) is 9.42. The van der Waals surface area contributed by atoms with Gasteiger partial charge in [0, 0.05) is 6.04 Å². The van der Waals surface area contributed by atoms with Gasteiger partial charge < -0.3 is 5.32 Å². The van der Waals surface area contributed by atoms with Crippen LogP contribution in [0.15, 0.2) is 5.51 Å². The number of carbonyl (C=O) groups is 1. The molecule has 4 heteroatoms. The molecule has 0 radical (unpaired) electrons. The highest BCUT2D eigenvalue weighted by molar-refractivity contribution is 7.11. The van der Waals surface area contributed by atoms with Gasteiger partial charge in [-0.2, -0.15) is 0 Å². The number of thiazole rings is 1. The molecule has 1 heterocycles. The Bertz CT molecular complexity index is 334. The Labute approximate surface area is 81.2 Å². The zero-order valence-electron chi connectivity index (χ0n) is 7.70. The summed E-state index contributed by atoms with van der Waals surface area (Å²) in [5.41, 5.74) is 2.54. The molecule has 1 saturated carbocycles. The molecule has 13 heavy (non-hydrogen) atoms. The number of hydrogen-bond acceptors (Lipinski definition) is 3. The fourth-order valence-corrected chi connectivity index (χ4v) is 1.98. The van der Waals surface area contributed by atoms with Gasteiger partial charge in [-0.1, -0.05) is 6.92 Å². The van der Waals surface area contributed by atoms with Gasteiger partial charge in [-0.25, -0.2) is 4.98 Å². The second kappa shape index (κ2) is 3.10. The van der Waals surface area contributed by atoms with E-state index in [1.54, 1.807) is 5.51 Å². The standard InChI is InChI=1S/C9H12N2OS/c1-5-3-7(5)11-9(12)8-6(2)10-4-13-8/h4-5,7H,3H2,1-2H3,(H,11,12)/t5-,7-/m1/s1. The number of aryl methyl sites for hydroxylation is 1. The maximum absolute atomic E-state index is 11.6. The van der Waals surface area contributed by atoms with Gasteiger partial charge in [0.2, 0.25) is 0 Å². The van der Waals surface area contributed by atoms with Crippen LogP contribution in [-0.2, 0) is 0 Å². The molecular formula is C9H12N2OS. The maximum Gasteiger partial charge on any atom is 0.263 e. The largest absolute Gasteiger partial charge is 0.348 e. The third-order valence-electron chi connectivity index (χ3n) is 2.38. The van der Waals surface area contributed by atoms with Crippen molar-refractivity contribution in [1.82, 2.24) is 10.3 Å². The van der Waals surface area contributed by atoms with E-state index in [4.69, 9.17) is 0 Å². The van der Waals surface area contributed by atoms with Crippen molar-refractivity contribution in [1.29, 1.82) is 0 Å². The molecule has 3 nitrogen and oxygen atoms in total. The summed E-state index contributed by atoms with van der Waals surface area (Å²) < 4.78 is 0. The summed E-state index contributed by atoms with van der Waals surface area (Å²) in [5.74, 6) is 0.687. The first-order valence-corrected chi connectivity index (χ1v) is 5.27. The lowest BCUT2D eigenvalue weighted by Crippen LogP contribution is -2.26. The van der Waals surface area contributed by atoms with E-state index in [2.05, 4.69) is 17.2 Å². The second-order valence-corrected chi connectivity index (χ2v) is 4.41. The Balaban J connectivity index is 2.01. The van der Waals surface area contributed by atoms with Crippen LogP contribution in [0.4, 0.5) is 0 Å². The number of nitrogens with zero attached hydrogens (tertiary/aromatic N) is 1. The van der Waals surface area contributed by atoms with Crippen LogP contribution >= 0.6 is 11.3 Å². The van der Waals surface area contributed by atoms with E-state index in [1.807, 2.05) is 6.92 Å². The fourth-order valence-electron chi connectivity index (χ4n) is 1.28. The number of amides is 1. The minimum Gasteiger partial charge on any atom is -0.348 e. The Hall–Kier alpha value is -0.900.